The lowest BCUT2D eigenvalue weighted by Crippen LogP contribution is -2.42. The van der Waals surface area contributed by atoms with Crippen LogP contribution in [0.3, 0.4) is 0 Å². The van der Waals surface area contributed by atoms with Gasteiger partial charge < -0.3 is 10.2 Å². The van der Waals surface area contributed by atoms with E-state index in [0.29, 0.717) is 23.3 Å². The summed E-state index contributed by atoms with van der Waals surface area (Å²) in [5, 5.41) is 3.45. The van der Waals surface area contributed by atoms with E-state index < -0.39 is 0 Å². The van der Waals surface area contributed by atoms with Crippen LogP contribution in [0.4, 0.5) is 11.4 Å². The highest BCUT2D eigenvalue weighted by Crippen LogP contribution is 2.30. The van der Waals surface area contributed by atoms with E-state index in [-0.39, 0.29) is 5.91 Å². The Labute approximate surface area is 135 Å². The van der Waals surface area contributed by atoms with Crippen LogP contribution in [-0.4, -0.2) is 18.5 Å². The molecule has 0 bridgehead atoms. The SMILES string of the molecule is C[C@H]1CCc2ccccc2N1CC(=O)Nc1ccccc1Cl. The highest BCUT2D eigenvalue weighted by atomic mass is 35.5. The van der Waals surface area contributed by atoms with Crippen molar-refractivity contribution in [3.8, 4) is 0 Å². The third-order valence-corrected chi connectivity index (χ3v) is 4.46. The molecule has 1 heterocycles. The minimum absolute atomic E-state index is 0.0448. The first-order valence-electron chi connectivity index (χ1n) is 7.54. The van der Waals surface area contributed by atoms with Gasteiger partial charge >= 0.3 is 0 Å². The molecule has 0 saturated heterocycles. The molecule has 0 saturated carbocycles. The first-order valence-corrected chi connectivity index (χ1v) is 7.92. The van der Waals surface area contributed by atoms with E-state index >= 15 is 0 Å². The van der Waals surface area contributed by atoms with Gasteiger partial charge in [0.2, 0.25) is 5.91 Å². The van der Waals surface area contributed by atoms with Gasteiger partial charge in [-0.05, 0) is 43.5 Å². The van der Waals surface area contributed by atoms with Crippen molar-refractivity contribution in [3.63, 3.8) is 0 Å². The number of aryl methyl sites for hydroxylation is 1. The van der Waals surface area contributed by atoms with Gasteiger partial charge in [-0.25, -0.2) is 0 Å². The van der Waals surface area contributed by atoms with E-state index in [9.17, 15) is 4.79 Å². The monoisotopic (exact) mass is 314 g/mol. The van der Waals surface area contributed by atoms with Crippen LogP contribution in [0.5, 0.6) is 0 Å². The molecular weight excluding hydrogens is 296 g/mol. The summed E-state index contributed by atoms with van der Waals surface area (Å²) >= 11 is 6.09. The van der Waals surface area contributed by atoms with Gasteiger partial charge in [0, 0.05) is 11.7 Å². The number of nitrogens with one attached hydrogen (secondary N) is 1. The molecule has 0 fully saturated rings. The summed E-state index contributed by atoms with van der Waals surface area (Å²) < 4.78 is 0. The minimum Gasteiger partial charge on any atom is -0.359 e. The Kier molecular flexibility index (Phi) is 4.34. The van der Waals surface area contributed by atoms with Gasteiger partial charge in [-0.1, -0.05) is 41.9 Å². The topological polar surface area (TPSA) is 32.3 Å². The smallest absolute Gasteiger partial charge is 0.243 e. The summed E-state index contributed by atoms with van der Waals surface area (Å²) in [4.78, 5) is 14.5. The molecule has 0 aliphatic carbocycles. The van der Waals surface area contributed by atoms with Gasteiger partial charge in [-0.15, -0.1) is 0 Å². The van der Waals surface area contributed by atoms with Crippen LogP contribution >= 0.6 is 11.6 Å². The molecule has 2 aromatic carbocycles. The fourth-order valence-corrected chi connectivity index (χ4v) is 3.09. The molecule has 0 radical (unpaired) electrons. The van der Waals surface area contributed by atoms with Gasteiger partial charge in [0.1, 0.15) is 0 Å². The molecule has 0 aromatic heterocycles. The minimum atomic E-state index is -0.0448. The number of halogens is 1. The third kappa shape index (κ3) is 3.09. The Morgan fingerprint density at radius 3 is 2.77 bits per heavy atom. The molecular formula is C18H19ClN2O. The number of carbonyl (C=O) groups excluding carboxylic acids is 1. The molecule has 4 heteroatoms. The second-order valence-electron chi connectivity index (χ2n) is 5.67. The zero-order valence-electron chi connectivity index (χ0n) is 12.6. The largest absolute Gasteiger partial charge is 0.359 e. The lowest BCUT2D eigenvalue weighted by molar-refractivity contribution is -0.115. The van der Waals surface area contributed by atoms with Crippen molar-refractivity contribution < 1.29 is 4.79 Å². The van der Waals surface area contributed by atoms with Crippen LogP contribution in [-0.2, 0) is 11.2 Å². The van der Waals surface area contributed by atoms with Crippen LogP contribution in [0.25, 0.3) is 0 Å². The van der Waals surface area contributed by atoms with Gasteiger partial charge in [0.15, 0.2) is 0 Å². The van der Waals surface area contributed by atoms with Crippen LogP contribution in [0.15, 0.2) is 48.5 Å². The van der Waals surface area contributed by atoms with Crippen molar-refractivity contribution in [2.24, 2.45) is 0 Å². The molecule has 0 spiro atoms. The number of anilines is 2. The maximum Gasteiger partial charge on any atom is 0.243 e. The highest BCUT2D eigenvalue weighted by Gasteiger charge is 2.24. The number of para-hydroxylation sites is 2. The van der Waals surface area contributed by atoms with Crippen molar-refractivity contribution in [2.45, 2.75) is 25.8 Å². The second kappa shape index (κ2) is 6.41. The molecule has 1 N–H and O–H groups in total. The number of fused-ring (bicyclic) bond motifs is 1. The van der Waals surface area contributed by atoms with Crippen molar-refractivity contribution in [1.82, 2.24) is 0 Å². The molecule has 1 aliphatic rings. The van der Waals surface area contributed by atoms with E-state index in [1.54, 1.807) is 6.07 Å². The lowest BCUT2D eigenvalue weighted by atomic mass is 9.96. The van der Waals surface area contributed by atoms with Crippen molar-refractivity contribution in [1.29, 1.82) is 0 Å². The van der Waals surface area contributed by atoms with Crippen LogP contribution in [0.2, 0.25) is 5.02 Å². The van der Waals surface area contributed by atoms with Gasteiger partial charge in [-0.3, -0.25) is 4.79 Å². The van der Waals surface area contributed by atoms with E-state index in [1.165, 1.54) is 5.56 Å². The normalized spacial score (nSPS) is 17.0. The zero-order chi connectivity index (χ0) is 15.5. The van der Waals surface area contributed by atoms with Gasteiger partial charge in [0.25, 0.3) is 0 Å². The van der Waals surface area contributed by atoms with Crippen molar-refractivity contribution in [2.75, 3.05) is 16.8 Å². The molecule has 1 aliphatic heterocycles. The standard InChI is InChI=1S/C18H19ClN2O/c1-13-10-11-14-6-2-5-9-17(14)21(13)12-18(22)20-16-8-4-3-7-15(16)19/h2-9,13H,10-12H2,1H3,(H,20,22)/t13-/m0/s1. The molecule has 1 amide bonds. The average molecular weight is 315 g/mol. The first kappa shape index (κ1) is 14.9. The third-order valence-electron chi connectivity index (χ3n) is 4.13. The molecule has 3 rings (SSSR count). The van der Waals surface area contributed by atoms with Gasteiger partial charge in [0.05, 0.1) is 17.3 Å². The molecule has 1 atom stereocenters. The average Bonchev–Trinajstić information content (AvgIpc) is 2.52. The number of nitrogens with zero attached hydrogens (tertiary/aromatic N) is 1. The Morgan fingerprint density at radius 1 is 1.23 bits per heavy atom. The number of rotatable bonds is 3. The summed E-state index contributed by atoms with van der Waals surface area (Å²) in [6.07, 6.45) is 2.14. The van der Waals surface area contributed by atoms with Crippen molar-refractivity contribution >= 4 is 28.9 Å². The first-order chi connectivity index (χ1) is 10.6. The Balaban J connectivity index is 1.75. The molecule has 0 unspecified atom stereocenters. The quantitative estimate of drug-likeness (QED) is 0.924. The molecule has 3 nitrogen and oxygen atoms in total. The maximum atomic E-state index is 12.4. The van der Waals surface area contributed by atoms with Crippen LogP contribution in [0.1, 0.15) is 18.9 Å². The summed E-state index contributed by atoms with van der Waals surface area (Å²) in [7, 11) is 0. The van der Waals surface area contributed by atoms with Crippen LogP contribution < -0.4 is 10.2 Å². The van der Waals surface area contributed by atoms with E-state index in [1.807, 2.05) is 24.3 Å². The summed E-state index contributed by atoms with van der Waals surface area (Å²) in [5.41, 5.74) is 3.13. The summed E-state index contributed by atoms with van der Waals surface area (Å²) in [6.45, 7) is 2.50. The second-order valence-corrected chi connectivity index (χ2v) is 6.08. The van der Waals surface area contributed by atoms with Gasteiger partial charge in [-0.2, -0.15) is 0 Å². The van der Waals surface area contributed by atoms with Crippen molar-refractivity contribution in [3.05, 3.63) is 59.1 Å². The van der Waals surface area contributed by atoms with E-state index in [0.717, 1.165) is 18.5 Å². The Bertz CT molecular complexity index is 686. The summed E-state index contributed by atoms with van der Waals surface area (Å²) in [6, 6.07) is 16.0. The molecule has 2 aromatic rings. The zero-order valence-corrected chi connectivity index (χ0v) is 13.3. The number of benzene rings is 2. The number of amides is 1. The number of hydrogen-bond donors (Lipinski definition) is 1. The Morgan fingerprint density at radius 2 is 1.95 bits per heavy atom. The lowest BCUT2D eigenvalue weighted by Gasteiger charge is -2.36. The predicted molar refractivity (Wildman–Crippen MR) is 91.7 cm³/mol. The number of carbonyl (C=O) groups is 1. The molecule has 114 valence electrons. The highest BCUT2D eigenvalue weighted by molar-refractivity contribution is 6.33. The Hall–Kier alpha value is -2.00. The molecule has 22 heavy (non-hydrogen) atoms. The van der Waals surface area contributed by atoms with E-state index in [4.69, 9.17) is 11.6 Å². The van der Waals surface area contributed by atoms with Crippen LogP contribution in [0, 0.1) is 0 Å². The fraction of sp³-hybridized carbons (Fsp3) is 0.278. The fourth-order valence-electron chi connectivity index (χ4n) is 2.91. The predicted octanol–water partition coefficient (Wildman–Crippen LogP) is 4.12. The summed E-state index contributed by atoms with van der Waals surface area (Å²) in [5.74, 6) is -0.0448. The maximum absolute atomic E-state index is 12.4. The number of hydrogen-bond acceptors (Lipinski definition) is 2. The van der Waals surface area contributed by atoms with E-state index in [2.05, 4.69) is 35.3 Å².